The lowest BCUT2D eigenvalue weighted by Crippen LogP contribution is -2.14. The molecule has 2 rings (SSSR count). The van der Waals surface area contributed by atoms with Gasteiger partial charge < -0.3 is 14.8 Å². The fourth-order valence-corrected chi connectivity index (χ4v) is 2.17. The van der Waals surface area contributed by atoms with Crippen LogP contribution in [-0.2, 0) is 4.74 Å². The maximum atomic E-state index is 12.4. The molecule has 0 aliphatic heterocycles. The highest BCUT2D eigenvalue weighted by molar-refractivity contribution is 6.06. The second-order valence-corrected chi connectivity index (χ2v) is 4.90. The van der Waals surface area contributed by atoms with E-state index in [1.54, 1.807) is 49.4 Å². The molecule has 23 heavy (non-hydrogen) atoms. The molecule has 5 nitrogen and oxygen atoms in total. The van der Waals surface area contributed by atoms with Crippen LogP contribution < -0.4 is 10.1 Å². The summed E-state index contributed by atoms with van der Waals surface area (Å²) in [7, 11) is 1.52. The van der Waals surface area contributed by atoms with Gasteiger partial charge in [0.2, 0.25) is 0 Å². The second kappa shape index (κ2) is 7.45. The van der Waals surface area contributed by atoms with Crippen LogP contribution in [0.2, 0.25) is 0 Å². The summed E-state index contributed by atoms with van der Waals surface area (Å²) in [6, 6.07) is 12.0. The molecule has 0 saturated heterocycles. The predicted octanol–water partition coefficient (Wildman–Crippen LogP) is 3.43. The van der Waals surface area contributed by atoms with Crippen molar-refractivity contribution in [3.63, 3.8) is 0 Å². The first-order chi connectivity index (χ1) is 11.1. The molecule has 1 amide bonds. The number of aryl methyl sites for hydroxylation is 1. The fraction of sp³-hybridized carbons (Fsp3) is 0.222. The van der Waals surface area contributed by atoms with E-state index in [1.807, 2.05) is 6.92 Å². The molecule has 0 aliphatic rings. The van der Waals surface area contributed by atoms with E-state index in [4.69, 9.17) is 9.47 Å². The maximum Gasteiger partial charge on any atom is 0.338 e. The highest BCUT2D eigenvalue weighted by atomic mass is 16.5. The van der Waals surface area contributed by atoms with Crippen LogP contribution in [0.3, 0.4) is 0 Å². The van der Waals surface area contributed by atoms with Crippen LogP contribution in [0.15, 0.2) is 42.5 Å². The van der Waals surface area contributed by atoms with E-state index in [0.29, 0.717) is 29.2 Å². The number of carbonyl (C=O) groups is 2. The van der Waals surface area contributed by atoms with E-state index < -0.39 is 0 Å². The zero-order chi connectivity index (χ0) is 16.8. The highest BCUT2D eigenvalue weighted by Gasteiger charge is 2.14. The van der Waals surface area contributed by atoms with Crippen LogP contribution in [0.1, 0.15) is 33.2 Å². The number of amides is 1. The number of hydrogen-bond acceptors (Lipinski definition) is 4. The summed E-state index contributed by atoms with van der Waals surface area (Å²) in [5, 5.41) is 2.83. The molecule has 0 unspecified atom stereocenters. The van der Waals surface area contributed by atoms with Crippen LogP contribution in [0.5, 0.6) is 5.75 Å². The Morgan fingerprint density at radius 3 is 2.52 bits per heavy atom. The third kappa shape index (κ3) is 3.88. The van der Waals surface area contributed by atoms with Gasteiger partial charge in [0.1, 0.15) is 5.75 Å². The van der Waals surface area contributed by atoms with Gasteiger partial charge in [-0.15, -0.1) is 0 Å². The van der Waals surface area contributed by atoms with Crippen molar-refractivity contribution < 1.29 is 19.1 Å². The smallest absolute Gasteiger partial charge is 0.338 e. The Bertz CT molecular complexity index is 725. The molecule has 0 radical (unpaired) electrons. The fourth-order valence-electron chi connectivity index (χ4n) is 2.17. The average Bonchev–Trinajstić information content (AvgIpc) is 2.56. The number of para-hydroxylation sites is 1. The van der Waals surface area contributed by atoms with Gasteiger partial charge in [-0.25, -0.2) is 4.79 Å². The molecule has 5 heteroatoms. The quantitative estimate of drug-likeness (QED) is 0.859. The van der Waals surface area contributed by atoms with Gasteiger partial charge in [-0.05, 0) is 49.7 Å². The largest absolute Gasteiger partial charge is 0.496 e. The molecule has 120 valence electrons. The summed E-state index contributed by atoms with van der Waals surface area (Å²) in [5.41, 5.74) is 2.32. The lowest BCUT2D eigenvalue weighted by Gasteiger charge is -2.12. The Morgan fingerprint density at radius 1 is 1.13 bits per heavy atom. The molecular formula is C18H19NO4. The van der Waals surface area contributed by atoms with E-state index in [0.717, 1.165) is 5.56 Å². The first kappa shape index (κ1) is 16.5. The lowest BCUT2D eigenvalue weighted by molar-refractivity contribution is 0.0526. The lowest BCUT2D eigenvalue weighted by atomic mass is 10.1. The Balaban J connectivity index is 2.20. The number of hydrogen-bond donors (Lipinski definition) is 1. The minimum absolute atomic E-state index is 0.269. The average molecular weight is 313 g/mol. The van der Waals surface area contributed by atoms with Gasteiger partial charge in [-0.3, -0.25) is 4.79 Å². The SMILES string of the molecule is CCOC(=O)c1ccc(NC(=O)c2ccccc2OC)c(C)c1. The van der Waals surface area contributed by atoms with Crippen LogP contribution in [-0.4, -0.2) is 25.6 Å². The monoisotopic (exact) mass is 313 g/mol. The predicted molar refractivity (Wildman–Crippen MR) is 88.1 cm³/mol. The zero-order valence-electron chi connectivity index (χ0n) is 13.4. The molecule has 0 aromatic heterocycles. The summed E-state index contributed by atoms with van der Waals surface area (Å²) >= 11 is 0. The molecule has 1 N–H and O–H groups in total. The molecule has 0 atom stereocenters. The van der Waals surface area contributed by atoms with Gasteiger partial charge in [-0.1, -0.05) is 12.1 Å². The van der Waals surface area contributed by atoms with Crippen molar-refractivity contribution in [2.75, 3.05) is 19.0 Å². The molecule has 0 bridgehead atoms. The standard InChI is InChI=1S/C18H19NO4/c1-4-23-18(21)13-9-10-15(12(2)11-13)19-17(20)14-7-5-6-8-16(14)22-3/h5-11H,4H2,1-3H3,(H,19,20). The summed E-state index contributed by atoms with van der Waals surface area (Å²) in [4.78, 5) is 24.1. The molecule has 0 heterocycles. The van der Waals surface area contributed by atoms with Crippen molar-refractivity contribution in [2.24, 2.45) is 0 Å². The Kier molecular flexibility index (Phi) is 5.36. The van der Waals surface area contributed by atoms with Crippen molar-refractivity contribution >= 4 is 17.6 Å². The van der Waals surface area contributed by atoms with Gasteiger partial charge in [0.05, 0.1) is 24.8 Å². The van der Waals surface area contributed by atoms with Crippen molar-refractivity contribution in [3.8, 4) is 5.75 Å². The molecule has 0 saturated carbocycles. The summed E-state index contributed by atoms with van der Waals surface area (Å²) in [5.74, 6) is -0.140. The molecule has 0 aliphatic carbocycles. The number of rotatable bonds is 5. The summed E-state index contributed by atoms with van der Waals surface area (Å²) < 4.78 is 10.2. The minimum Gasteiger partial charge on any atom is -0.496 e. The van der Waals surface area contributed by atoms with Gasteiger partial charge in [-0.2, -0.15) is 0 Å². The van der Waals surface area contributed by atoms with Crippen LogP contribution in [0, 0.1) is 6.92 Å². The first-order valence-electron chi connectivity index (χ1n) is 7.29. The molecule has 2 aromatic carbocycles. The molecule has 2 aromatic rings. The number of anilines is 1. The van der Waals surface area contributed by atoms with Crippen LogP contribution in [0.4, 0.5) is 5.69 Å². The van der Waals surface area contributed by atoms with E-state index in [1.165, 1.54) is 7.11 Å². The van der Waals surface area contributed by atoms with Crippen molar-refractivity contribution in [1.82, 2.24) is 0 Å². The number of esters is 1. The van der Waals surface area contributed by atoms with E-state index in [9.17, 15) is 9.59 Å². The molecule has 0 spiro atoms. The second-order valence-electron chi connectivity index (χ2n) is 4.90. The first-order valence-corrected chi connectivity index (χ1v) is 7.29. The normalized spacial score (nSPS) is 10.0. The number of nitrogens with one attached hydrogen (secondary N) is 1. The van der Waals surface area contributed by atoms with Crippen molar-refractivity contribution in [3.05, 3.63) is 59.2 Å². The Morgan fingerprint density at radius 2 is 1.87 bits per heavy atom. The van der Waals surface area contributed by atoms with Gasteiger partial charge in [0, 0.05) is 5.69 Å². The van der Waals surface area contributed by atoms with Crippen molar-refractivity contribution in [2.45, 2.75) is 13.8 Å². The summed E-state index contributed by atoms with van der Waals surface area (Å²) in [6.45, 7) is 3.90. The van der Waals surface area contributed by atoms with Crippen LogP contribution in [0.25, 0.3) is 0 Å². The number of methoxy groups -OCH3 is 1. The van der Waals surface area contributed by atoms with Crippen LogP contribution >= 0.6 is 0 Å². The maximum absolute atomic E-state index is 12.4. The number of benzene rings is 2. The Hall–Kier alpha value is -2.82. The molecular weight excluding hydrogens is 294 g/mol. The number of carbonyl (C=O) groups excluding carboxylic acids is 2. The zero-order valence-corrected chi connectivity index (χ0v) is 13.4. The third-order valence-corrected chi connectivity index (χ3v) is 3.34. The topological polar surface area (TPSA) is 64.6 Å². The minimum atomic E-state index is -0.377. The number of ether oxygens (including phenoxy) is 2. The van der Waals surface area contributed by atoms with E-state index in [-0.39, 0.29) is 11.9 Å². The highest BCUT2D eigenvalue weighted by Crippen LogP contribution is 2.22. The summed E-state index contributed by atoms with van der Waals surface area (Å²) in [6.07, 6.45) is 0. The van der Waals surface area contributed by atoms with Gasteiger partial charge >= 0.3 is 5.97 Å². The van der Waals surface area contributed by atoms with E-state index in [2.05, 4.69) is 5.32 Å². The van der Waals surface area contributed by atoms with E-state index >= 15 is 0 Å². The van der Waals surface area contributed by atoms with Gasteiger partial charge in [0.25, 0.3) is 5.91 Å². The Labute approximate surface area is 135 Å². The third-order valence-electron chi connectivity index (χ3n) is 3.34. The van der Waals surface area contributed by atoms with Gasteiger partial charge in [0.15, 0.2) is 0 Å². The molecule has 0 fully saturated rings. The van der Waals surface area contributed by atoms with Crippen molar-refractivity contribution in [1.29, 1.82) is 0 Å².